The number of para-hydroxylation sites is 3. The highest BCUT2D eigenvalue weighted by molar-refractivity contribution is 6.01. The van der Waals surface area contributed by atoms with E-state index in [1.807, 2.05) is 48.5 Å². The van der Waals surface area contributed by atoms with E-state index in [0.29, 0.717) is 13.0 Å². The number of rotatable bonds is 5. The number of nitrogens with one attached hydrogen (secondary N) is 2. The van der Waals surface area contributed by atoms with Crippen molar-refractivity contribution in [1.82, 2.24) is 0 Å². The van der Waals surface area contributed by atoms with Crippen LogP contribution in [0.2, 0.25) is 0 Å². The van der Waals surface area contributed by atoms with E-state index in [2.05, 4.69) is 72.2 Å². The summed E-state index contributed by atoms with van der Waals surface area (Å²) < 4.78 is 6.33. The zero-order chi connectivity index (χ0) is 25.2. The number of ether oxygens (including phenoxy) is 1. The maximum absolute atomic E-state index is 13.9. The number of benzene rings is 4. The van der Waals surface area contributed by atoms with Crippen molar-refractivity contribution in [3.63, 3.8) is 0 Å². The molecule has 2 N–H and O–H groups in total. The number of carbonyl (C=O) groups excluding carboxylic acids is 1. The lowest BCUT2D eigenvalue weighted by atomic mass is 9.78. The second-order valence-electron chi connectivity index (χ2n) is 9.89. The molecule has 0 radical (unpaired) electrons. The van der Waals surface area contributed by atoms with Crippen molar-refractivity contribution in [3.8, 4) is 5.75 Å². The van der Waals surface area contributed by atoms with Crippen LogP contribution in [0.4, 0.5) is 11.4 Å². The van der Waals surface area contributed by atoms with E-state index in [9.17, 15) is 4.79 Å². The topological polar surface area (TPSA) is 50.4 Å². The minimum absolute atomic E-state index is 0.148. The van der Waals surface area contributed by atoms with E-state index >= 15 is 0 Å². The number of Topliss-reactive ketones (excluding diaryl/α,β-unsaturated/α-hetero) is 1. The zero-order valence-corrected chi connectivity index (χ0v) is 20.9. The summed E-state index contributed by atoms with van der Waals surface area (Å²) in [6.45, 7) is 2.56. The van der Waals surface area contributed by atoms with Gasteiger partial charge in [0.1, 0.15) is 12.4 Å². The van der Waals surface area contributed by atoms with Gasteiger partial charge in [0, 0.05) is 23.3 Å². The van der Waals surface area contributed by atoms with Gasteiger partial charge in [-0.05, 0) is 48.6 Å². The lowest BCUT2D eigenvalue weighted by Gasteiger charge is -2.30. The van der Waals surface area contributed by atoms with Gasteiger partial charge in [-0.3, -0.25) is 4.79 Å². The molecular weight excluding hydrogens is 456 g/mol. The van der Waals surface area contributed by atoms with E-state index in [4.69, 9.17) is 4.74 Å². The van der Waals surface area contributed by atoms with Crippen LogP contribution in [0.3, 0.4) is 0 Å². The first kappa shape index (κ1) is 23.1. The summed E-state index contributed by atoms with van der Waals surface area (Å²) in [5.41, 5.74) is 8.25. The molecule has 0 aromatic heterocycles. The van der Waals surface area contributed by atoms with Gasteiger partial charge in [-0.25, -0.2) is 0 Å². The lowest BCUT2D eigenvalue weighted by Crippen LogP contribution is -2.27. The summed E-state index contributed by atoms with van der Waals surface area (Å²) in [5.74, 6) is 1.10. The summed E-state index contributed by atoms with van der Waals surface area (Å²) in [6.07, 6.45) is 1.27. The molecule has 1 heterocycles. The van der Waals surface area contributed by atoms with Crippen molar-refractivity contribution in [2.45, 2.75) is 38.3 Å². The first-order valence-corrected chi connectivity index (χ1v) is 12.9. The van der Waals surface area contributed by atoms with Crippen LogP contribution in [0.15, 0.2) is 114 Å². The normalized spacial score (nSPS) is 18.7. The summed E-state index contributed by atoms with van der Waals surface area (Å²) in [5, 5.41) is 7.32. The third kappa shape index (κ3) is 4.75. The van der Waals surface area contributed by atoms with E-state index in [1.165, 1.54) is 11.1 Å². The smallest absolute Gasteiger partial charge is 0.163 e. The van der Waals surface area contributed by atoms with E-state index in [0.717, 1.165) is 45.9 Å². The molecule has 37 heavy (non-hydrogen) atoms. The Balaban J connectivity index is 1.40. The predicted octanol–water partition coefficient (Wildman–Crippen LogP) is 7.55. The molecule has 6 rings (SSSR count). The molecule has 0 amide bonds. The second-order valence-corrected chi connectivity index (χ2v) is 9.89. The van der Waals surface area contributed by atoms with Gasteiger partial charge in [0.2, 0.25) is 0 Å². The van der Waals surface area contributed by atoms with Crippen molar-refractivity contribution in [1.29, 1.82) is 0 Å². The molecule has 0 saturated heterocycles. The predicted molar refractivity (Wildman–Crippen MR) is 149 cm³/mol. The van der Waals surface area contributed by atoms with E-state index in [1.54, 1.807) is 0 Å². The second kappa shape index (κ2) is 9.98. The molecule has 1 aliphatic heterocycles. The minimum atomic E-state index is -0.315. The van der Waals surface area contributed by atoms with Crippen molar-refractivity contribution >= 4 is 17.2 Å². The molecule has 0 saturated carbocycles. The van der Waals surface area contributed by atoms with Gasteiger partial charge in [0.25, 0.3) is 0 Å². The van der Waals surface area contributed by atoms with Crippen LogP contribution < -0.4 is 15.4 Å². The standard InChI is InChI=1S/C33H30N2O2/c1-22-15-17-24(18-16-22)25-19-29-32(30(36)20-25)33(35-28-13-7-6-12-27(28)34-29)26-11-5-8-14-31(26)37-21-23-9-3-2-4-10-23/h2-18,25,33-35H,19-21H2,1H3. The monoisotopic (exact) mass is 486 g/mol. The Morgan fingerprint density at radius 1 is 0.784 bits per heavy atom. The van der Waals surface area contributed by atoms with Crippen molar-refractivity contribution in [3.05, 3.63) is 137 Å². The fourth-order valence-corrected chi connectivity index (χ4v) is 5.39. The summed E-state index contributed by atoms with van der Waals surface area (Å²) in [6, 6.07) is 34.6. The number of hydrogen-bond acceptors (Lipinski definition) is 4. The van der Waals surface area contributed by atoms with Crippen LogP contribution in [0.1, 0.15) is 47.1 Å². The van der Waals surface area contributed by atoms with Gasteiger partial charge in [-0.15, -0.1) is 0 Å². The summed E-state index contributed by atoms with van der Waals surface area (Å²) >= 11 is 0. The van der Waals surface area contributed by atoms with Crippen molar-refractivity contribution in [2.24, 2.45) is 0 Å². The molecule has 0 spiro atoms. The molecule has 2 aliphatic rings. The van der Waals surface area contributed by atoms with E-state index in [-0.39, 0.29) is 17.7 Å². The third-order valence-electron chi connectivity index (χ3n) is 7.32. The molecule has 4 aromatic carbocycles. The number of anilines is 2. The van der Waals surface area contributed by atoms with Gasteiger partial charge < -0.3 is 15.4 Å². The Morgan fingerprint density at radius 2 is 1.49 bits per heavy atom. The van der Waals surface area contributed by atoms with Crippen LogP contribution in [-0.4, -0.2) is 5.78 Å². The molecule has 4 aromatic rings. The fraction of sp³-hybridized carbons (Fsp3) is 0.182. The Kier molecular flexibility index (Phi) is 6.23. The largest absolute Gasteiger partial charge is 0.489 e. The molecule has 4 heteroatoms. The molecule has 2 unspecified atom stereocenters. The SMILES string of the molecule is Cc1ccc(C2CC(=O)C3=C(C2)Nc2ccccc2NC3c2ccccc2OCc2ccccc2)cc1. The van der Waals surface area contributed by atoms with Gasteiger partial charge in [0.15, 0.2) is 5.78 Å². The average Bonchev–Trinajstić information content (AvgIpc) is 3.10. The number of fused-ring (bicyclic) bond motifs is 1. The van der Waals surface area contributed by atoms with Crippen LogP contribution in [0, 0.1) is 6.92 Å². The number of allylic oxidation sites excluding steroid dienone is 1. The first-order valence-electron chi connectivity index (χ1n) is 12.9. The van der Waals surface area contributed by atoms with Crippen LogP contribution >= 0.6 is 0 Å². The highest BCUT2D eigenvalue weighted by Crippen LogP contribution is 2.45. The Morgan fingerprint density at radius 3 is 2.30 bits per heavy atom. The first-order chi connectivity index (χ1) is 18.2. The van der Waals surface area contributed by atoms with Crippen molar-refractivity contribution in [2.75, 3.05) is 10.6 Å². The number of carbonyl (C=O) groups is 1. The highest BCUT2D eigenvalue weighted by Gasteiger charge is 2.37. The average molecular weight is 487 g/mol. The van der Waals surface area contributed by atoms with Gasteiger partial charge in [-0.1, -0.05) is 90.5 Å². The maximum Gasteiger partial charge on any atom is 0.163 e. The fourth-order valence-electron chi connectivity index (χ4n) is 5.39. The Hall–Kier alpha value is -4.31. The van der Waals surface area contributed by atoms with Gasteiger partial charge >= 0.3 is 0 Å². The van der Waals surface area contributed by atoms with E-state index < -0.39 is 0 Å². The Labute approximate surface area is 218 Å². The summed E-state index contributed by atoms with van der Waals surface area (Å²) in [7, 11) is 0. The van der Waals surface area contributed by atoms with Gasteiger partial charge in [0.05, 0.1) is 17.4 Å². The number of hydrogen-bond donors (Lipinski definition) is 2. The Bertz CT molecular complexity index is 1460. The minimum Gasteiger partial charge on any atom is -0.489 e. The molecule has 0 fully saturated rings. The van der Waals surface area contributed by atoms with Gasteiger partial charge in [-0.2, -0.15) is 0 Å². The molecule has 0 bridgehead atoms. The van der Waals surface area contributed by atoms with Crippen LogP contribution in [0.25, 0.3) is 0 Å². The molecule has 4 nitrogen and oxygen atoms in total. The molecular formula is C33H30N2O2. The van der Waals surface area contributed by atoms with Crippen LogP contribution in [0.5, 0.6) is 5.75 Å². The molecule has 1 aliphatic carbocycles. The molecule has 2 atom stereocenters. The van der Waals surface area contributed by atoms with Crippen LogP contribution in [-0.2, 0) is 11.4 Å². The highest BCUT2D eigenvalue weighted by atomic mass is 16.5. The summed E-state index contributed by atoms with van der Waals surface area (Å²) in [4.78, 5) is 13.9. The number of ketones is 1. The number of aryl methyl sites for hydroxylation is 1. The lowest BCUT2D eigenvalue weighted by molar-refractivity contribution is -0.116. The maximum atomic E-state index is 13.9. The van der Waals surface area contributed by atoms with Crippen molar-refractivity contribution < 1.29 is 9.53 Å². The third-order valence-corrected chi connectivity index (χ3v) is 7.32. The zero-order valence-electron chi connectivity index (χ0n) is 20.9. The molecule has 184 valence electrons. The quantitative estimate of drug-likeness (QED) is 0.306.